The molecule has 1 aliphatic rings. The zero-order valence-corrected chi connectivity index (χ0v) is 14.0. The quantitative estimate of drug-likeness (QED) is 0.786. The third-order valence-corrected chi connectivity index (χ3v) is 4.83. The molecular formula is C21H21N2O+. The van der Waals surface area contributed by atoms with Crippen LogP contribution in [0.1, 0.15) is 21.5 Å². The van der Waals surface area contributed by atoms with Gasteiger partial charge in [-0.2, -0.15) is 0 Å². The fourth-order valence-corrected chi connectivity index (χ4v) is 3.60. The van der Waals surface area contributed by atoms with Crippen LogP contribution in [0, 0.1) is 6.92 Å². The Morgan fingerprint density at radius 1 is 0.958 bits per heavy atom. The van der Waals surface area contributed by atoms with Gasteiger partial charge in [-0.1, -0.05) is 48.5 Å². The van der Waals surface area contributed by atoms with E-state index in [1.165, 1.54) is 16.0 Å². The summed E-state index contributed by atoms with van der Waals surface area (Å²) in [5.41, 5.74) is 4.50. The lowest BCUT2D eigenvalue weighted by Crippen LogP contribution is -3.09. The van der Waals surface area contributed by atoms with E-state index in [9.17, 15) is 4.79 Å². The minimum atomic E-state index is 0.117. The molecule has 1 atom stereocenters. The number of anilines is 1. The first-order valence-corrected chi connectivity index (χ1v) is 8.34. The molecule has 0 saturated carbocycles. The smallest absolute Gasteiger partial charge is 0.263 e. The maximum atomic E-state index is 12.8. The first-order valence-electron chi connectivity index (χ1n) is 8.34. The molecule has 0 saturated heterocycles. The van der Waals surface area contributed by atoms with Crippen LogP contribution >= 0.6 is 0 Å². The zero-order chi connectivity index (χ0) is 16.7. The van der Waals surface area contributed by atoms with E-state index in [0.29, 0.717) is 6.67 Å². The summed E-state index contributed by atoms with van der Waals surface area (Å²) in [6, 6.07) is 20.6. The highest BCUT2D eigenvalue weighted by Crippen LogP contribution is 2.36. The predicted molar refractivity (Wildman–Crippen MR) is 97.4 cm³/mol. The number of nitrogens with one attached hydrogen (secondary N) is 1. The van der Waals surface area contributed by atoms with E-state index in [0.717, 1.165) is 28.6 Å². The largest absolute Gasteiger partial charge is 0.316 e. The second-order valence-electron chi connectivity index (χ2n) is 6.63. The lowest BCUT2D eigenvalue weighted by atomic mass is 10.1. The highest BCUT2D eigenvalue weighted by molar-refractivity contribution is 6.24. The summed E-state index contributed by atoms with van der Waals surface area (Å²) in [4.78, 5) is 16.1. The maximum absolute atomic E-state index is 12.8. The Bertz CT molecular complexity index is 927. The fraction of sp³-hybridized carbons (Fsp3) is 0.190. The summed E-state index contributed by atoms with van der Waals surface area (Å²) in [5, 5.41) is 2.23. The Kier molecular flexibility index (Phi) is 3.58. The van der Waals surface area contributed by atoms with Gasteiger partial charge in [-0.05, 0) is 30.0 Å². The Morgan fingerprint density at radius 3 is 2.50 bits per heavy atom. The van der Waals surface area contributed by atoms with Crippen LogP contribution in [-0.4, -0.2) is 19.6 Å². The van der Waals surface area contributed by atoms with Crippen molar-refractivity contribution in [2.45, 2.75) is 13.5 Å². The third-order valence-electron chi connectivity index (χ3n) is 4.83. The van der Waals surface area contributed by atoms with Gasteiger partial charge in [-0.3, -0.25) is 9.69 Å². The van der Waals surface area contributed by atoms with Gasteiger partial charge in [0.2, 0.25) is 0 Å². The predicted octanol–water partition coefficient (Wildman–Crippen LogP) is 2.78. The first kappa shape index (κ1) is 14.9. The molecule has 0 bridgehead atoms. The SMILES string of the molecule is Cc1ccccc1C[NH+](C)CN1C(=O)c2cccc3cccc1c23. The van der Waals surface area contributed by atoms with Gasteiger partial charge >= 0.3 is 0 Å². The summed E-state index contributed by atoms with van der Waals surface area (Å²) < 4.78 is 0. The zero-order valence-electron chi connectivity index (χ0n) is 14.0. The number of quaternary nitrogens is 1. The van der Waals surface area contributed by atoms with E-state index in [4.69, 9.17) is 0 Å². The van der Waals surface area contributed by atoms with Crippen molar-refractivity contribution in [3.05, 3.63) is 77.4 Å². The van der Waals surface area contributed by atoms with E-state index < -0.39 is 0 Å². The number of aryl methyl sites for hydroxylation is 1. The Labute approximate surface area is 142 Å². The normalized spacial score (nSPS) is 14.4. The lowest BCUT2D eigenvalue weighted by Gasteiger charge is -2.23. The average molecular weight is 317 g/mol. The molecule has 3 heteroatoms. The van der Waals surface area contributed by atoms with Gasteiger partial charge in [-0.15, -0.1) is 0 Å². The van der Waals surface area contributed by atoms with Crippen molar-refractivity contribution in [1.82, 2.24) is 0 Å². The monoisotopic (exact) mass is 317 g/mol. The van der Waals surface area contributed by atoms with Crippen LogP contribution < -0.4 is 9.80 Å². The van der Waals surface area contributed by atoms with E-state index >= 15 is 0 Å². The number of nitrogens with zero attached hydrogens (tertiary/aromatic N) is 1. The summed E-state index contributed by atoms with van der Waals surface area (Å²) >= 11 is 0. The maximum Gasteiger partial charge on any atom is 0.263 e. The molecule has 0 radical (unpaired) electrons. The van der Waals surface area contributed by atoms with Crippen LogP contribution in [0.25, 0.3) is 10.8 Å². The highest BCUT2D eigenvalue weighted by Gasteiger charge is 2.31. The van der Waals surface area contributed by atoms with E-state index in [-0.39, 0.29) is 5.91 Å². The summed E-state index contributed by atoms with van der Waals surface area (Å²) in [7, 11) is 2.14. The lowest BCUT2D eigenvalue weighted by molar-refractivity contribution is -0.892. The molecule has 3 aromatic rings. The van der Waals surface area contributed by atoms with Crippen molar-refractivity contribution < 1.29 is 9.69 Å². The molecule has 3 nitrogen and oxygen atoms in total. The average Bonchev–Trinajstić information content (AvgIpc) is 2.85. The van der Waals surface area contributed by atoms with Gasteiger partial charge in [-0.25, -0.2) is 0 Å². The van der Waals surface area contributed by atoms with Crippen molar-refractivity contribution in [3.8, 4) is 0 Å². The van der Waals surface area contributed by atoms with Crippen molar-refractivity contribution in [3.63, 3.8) is 0 Å². The fourth-order valence-electron chi connectivity index (χ4n) is 3.60. The second-order valence-corrected chi connectivity index (χ2v) is 6.63. The summed E-state index contributed by atoms with van der Waals surface area (Å²) in [6.45, 7) is 3.71. The standard InChI is InChI=1S/C21H20N2O/c1-15-7-3-4-8-17(15)13-22(2)14-23-19-12-6-10-16-9-5-11-18(20(16)19)21(23)24/h3-12H,13-14H2,1-2H3/p+1. The molecule has 1 heterocycles. The molecule has 1 unspecified atom stereocenters. The second kappa shape index (κ2) is 5.77. The molecule has 0 aromatic heterocycles. The minimum absolute atomic E-state index is 0.117. The number of carbonyl (C=O) groups excluding carboxylic acids is 1. The molecule has 3 aromatic carbocycles. The number of rotatable bonds is 4. The summed E-state index contributed by atoms with van der Waals surface area (Å²) in [6.07, 6.45) is 0. The molecule has 0 spiro atoms. The Morgan fingerprint density at radius 2 is 1.71 bits per heavy atom. The van der Waals surface area contributed by atoms with Gasteiger partial charge < -0.3 is 4.90 Å². The van der Waals surface area contributed by atoms with Crippen LogP contribution in [0.15, 0.2) is 60.7 Å². The van der Waals surface area contributed by atoms with Crippen LogP contribution in [0.4, 0.5) is 5.69 Å². The van der Waals surface area contributed by atoms with Gasteiger partial charge in [0.25, 0.3) is 5.91 Å². The van der Waals surface area contributed by atoms with Crippen LogP contribution in [0.2, 0.25) is 0 Å². The number of carbonyl (C=O) groups is 1. The van der Waals surface area contributed by atoms with Gasteiger partial charge in [0.05, 0.1) is 18.3 Å². The first-order chi connectivity index (χ1) is 11.6. The minimum Gasteiger partial charge on any atom is -0.316 e. The Balaban J connectivity index is 1.61. The van der Waals surface area contributed by atoms with Crippen molar-refractivity contribution >= 4 is 22.4 Å². The molecule has 4 rings (SSSR count). The van der Waals surface area contributed by atoms with Gasteiger partial charge in [0.1, 0.15) is 6.54 Å². The number of hydrogen-bond acceptors (Lipinski definition) is 1. The Hall–Kier alpha value is -2.65. The third kappa shape index (κ3) is 2.38. The van der Waals surface area contributed by atoms with Gasteiger partial charge in [0, 0.05) is 10.9 Å². The number of hydrogen-bond donors (Lipinski definition) is 1. The highest BCUT2D eigenvalue weighted by atomic mass is 16.2. The van der Waals surface area contributed by atoms with Crippen molar-refractivity contribution in [1.29, 1.82) is 0 Å². The van der Waals surface area contributed by atoms with E-state index in [2.05, 4.69) is 56.4 Å². The molecule has 1 amide bonds. The van der Waals surface area contributed by atoms with Crippen LogP contribution in [0.3, 0.4) is 0 Å². The molecular weight excluding hydrogens is 296 g/mol. The van der Waals surface area contributed by atoms with Crippen molar-refractivity contribution in [2.24, 2.45) is 0 Å². The molecule has 1 aliphatic heterocycles. The number of amides is 1. The molecule has 0 fully saturated rings. The molecule has 24 heavy (non-hydrogen) atoms. The van der Waals surface area contributed by atoms with Crippen LogP contribution in [-0.2, 0) is 6.54 Å². The van der Waals surface area contributed by atoms with E-state index in [1.807, 2.05) is 23.1 Å². The molecule has 0 aliphatic carbocycles. The van der Waals surface area contributed by atoms with E-state index in [1.54, 1.807) is 0 Å². The van der Waals surface area contributed by atoms with Crippen LogP contribution in [0.5, 0.6) is 0 Å². The molecule has 1 N–H and O–H groups in total. The topological polar surface area (TPSA) is 24.8 Å². The molecule has 120 valence electrons. The van der Waals surface area contributed by atoms with Crippen molar-refractivity contribution in [2.75, 3.05) is 18.6 Å². The summed E-state index contributed by atoms with van der Waals surface area (Å²) in [5.74, 6) is 0.117. The van der Waals surface area contributed by atoms with Gasteiger partial charge in [0.15, 0.2) is 6.67 Å². The number of benzene rings is 3.